The van der Waals surface area contributed by atoms with Crippen molar-refractivity contribution in [3.8, 4) is 5.75 Å². The summed E-state index contributed by atoms with van der Waals surface area (Å²) in [6, 6.07) is 6.39. The molecule has 1 unspecified atom stereocenters. The molecule has 2 heteroatoms. The van der Waals surface area contributed by atoms with Gasteiger partial charge in [0.1, 0.15) is 5.75 Å². The van der Waals surface area contributed by atoms with Gasteiger partial charge in [-0.2, -0.15) is 0 Å². The smallest absolute Gasteiger partial charge is 0.119 e. The van der Waals surface area contributed by atoms with Crippen molar-refractivity contribution in [1.29, 1.82) is 0 Å². The second kappa shape index (κ2) is 7.42. The van der Waals surface area contributed by atoms with Gasteiger partial charge in [-0.3, -0.25) is 0 Å². The zero-order valence-electron chi connectivity index (χ0n) is 12.4. The van der Waals surface area contributed by atoms with E-state index in [2.05, 4.69) is 24.4 Å². The maximum atomic E-state index is 5.33. The first kappa shape index (κ1) is 14.2. The molecule has 0 amide bonds. The zero-order chi connectivity index (χ0) is 13.5. The Morgan fingerprint density at radius 1 is 1.16 bits per heavy atom. The number of nitrogens with one attached hydrogen (secondary N) is 1. The first-order valence-corrected chi connectivity index (χ1v) is 7.77. The average molecular weight is 261 g/mol. The molecule has 106 valence electrons. The molecule has 0 bridgehead atoms. The van der Waals surface area contributed by atoms with E-state index in [0.717, 1.165) is 12.3 Å². The number of ether oxygens (including phenoxy) is 1. The molecule has 1 aromatic rings. The number of fused-ring (bicyclic) bond motifs is 1. The predicted molar refractivity (Wildman–Crippen MR) is 82.2 cm³/mol. The van der Waals surface area contributed by atoms with E-state index in [1.54, 1.807) is 7.11 Å². The maximum Gasteiger partial charge on any atom is 0.119 e. The lowest BCUT2D eigenvalue weighted by Gasteiger charge is -2.11. The van der Waals surface area contributed by atoms with Crippen LogP contribution in [-0.4, -0.2) is 13.7 Å². The lowest BCUT2D eigenvalue weighted by atomic mass is 9.94. The molecule has 0 spiro atoms. The number of hydrogen-bond donors (Lipinski definition) is 1. The molecule has 2 nitrogen and oxygen atoms in total. The third-order valence-electron chi connectivity index (χ3n) is 4.14. The van der Waals surface area contributed by atoms with Crippen LogP contribution in [0.2, 0.25) is 0 Å². The van der Waals surface area contributed by atoms with Crippen LogP contribution in [0.3, 0.4) is 0 Å². The molecule has 0 fully saturated rings. The van der Waals surface area contributed by atoms with Crippen LogP contribution in [0.25, 0.3) is 0 Å². The number of benzene rings is 1. The van der Waals surface area contributed by atoms with E-state index in [1.807, 2.05) is 6.07 Å². The second-order valence-corrected chi connectivity index (χ2v) is 5.59. The highest BCUT2D eigenvalue weighted by Gasteiger charge is 2.21. The molecule has 1 aromatic carbocycles. The Labute approximate surface area is 117 Å². The van der Waals surface area contributed by atoms with Crippen molar-refractivity contribution >= 4 is 5.69 Å². The van der Waals surface area contributed by atoms with Gasteiger partial charge in [0.25, 0.3) is 0 Å². The minimum absolute atomic E-state index is 0.677. The molecule has 19 heavy (non-hydrogen) atoms. The molecule has 0 aliphatic carbocycles. The van der Waals surface area contributed by atoms with Crippen LogP contribution in [0.1, 0.15) is 63.4 Å². The van der Waals surface area contributed by atoms with Crippen LogP contribution < -0.4 is 10.1 Å². The summed E-state index contributed by atoms with van der Waals surface area (Å²) in [5.74, 6) is 1.66. The van der Waals surface area contributed by atoms with E-state index < -0.39 is 0 Å². The van der Waals surface area contributed by atoms with E-state index in [0.29, 0.717) is 5.92 Å². The molecule has 1 aliphatic rings. The fraction of sp³-hybridized carbons (Fsp3) is 0.647. The Hall–Kier alpha value is -1.18. The fourth-order valence-corrected chi connectivity index (χ4v) is 2.94. The third kappa shape index (κ3) is 3.89. The van der Waals surface area contributed by atoms with Gasteiger partial charge in [0, 0.05) is 18.2 Å². The van der Waals surface area contributed by atoms with Gasteiger partial charge >= 0.3 is 0 Å². The number of rotatable bonds is 8. The molecule has 0 saturated carbocycles. The Bertz CT molecular complexity index is 389. The molecule has 1 atom stereocenters. The van der Waals surface area contributed by atoms with Crippen molar-refractivity contribution in [1.82, 2.24) is 0 Å². The Morgan fingerprint density at radius 2 is 1.95 bits per heavy atom. The van der Waals surface area contributed by atoms with Crippen LogP contribution in [-0.2, 0) is 0 Å². The summed E-state index contributed by atoms with van der Waals surface area (Å²) >= 11 is 0. The normalized spacial score (nSPS) is 17.1. The van der Waals surface area contributed by atoms with Crippen molar-refractivity contribution in [2.75, 3.05) is 19.0 Å². The van der Waals surface area contributed by atoms with Crippen LogP contribution >= 0.6 is 0 Å². The number of methoxy groups -OCH3 is 1. The summed E-state index contributed by atoms with van der Waals surface area (Å²) in [5, 5.41) is 3.51. The van der Waals surface area contributed by atoms with Gasteiger partial charge in [-0.15, -0.1) is 0 Å². The lowest BCUT2D eigenvalue weighted by molar-refractivity contribution is 0.414. The van der Waals surface area contributed by atoms with Crippen LogP contribution in [0, 0.1) is 0 Å². The molecule has 0 radical (unpaired) electrons. The molecular formula is C17H27NO. The van der Waals surface area contributed by atoms with Crippen LogP contribution in [0.15, 0.2) is 18.2 Å². The van der Waals surface area contributed by atoms with E-state index in [1.165, 1.54) is 56.2 Å². The molecular weight excluding hydrogens is 234 g/mol. The number of hydrogen-bond acceptors (Lipinski definition) is 2. The standard InChI is InChI=1S/C17H27NO/c1-3-4-5-6-7-8-9-14-13-18-17-11-10-15(19-2)12-16(14)17/h10-12,14,18H,3-9,13H2,1-2H3. The summed E-state index contributed by atoms with van der Waals surface area (Å²) in [6.07, 6.45) is 9.58. The fourth-order valence-electron chi connectivity index (χ4n) is 2.94. The molecule has 1 aliphatic heterocycles. The topological polar surface area (TPSA) is 21.3 Å². The monoisotopic (exact) mass is 261 g/mol. The van der Waals surface area contributed by atoms with Crippen LogP contribution in [0.5, 0.6) is 5.75 Å². The first-order chi connectivity index (χ1) is 9.35. The molecule has 1 N–H and O–H groups in total. The number of unbranched alkanes of at least 4 members (excludes halogenated alkanes) is 5. The van der Waals surface area contributed by atoms with Gasteiger partial charge in [-0.1, -0.05) is 45.4 Å². The summed E-state index contributed by atoms with van der Waals surface area (Å²) in [5.41, 5.74) is 2.75. The van der Waals surface area contributed by atoms with Gasteiger partial charge in [-0.05, 0) is 30.2 Å². The Balaban J connectivity index is 1.78. The van der Waals surface area contributed by atoms with E-state index in [9.17, 15) is 0 Å². The van der Waals surface area contributed by atoms with Gasteiger partial charge in [-0.25, -0.2) is 0 Å². The predicted octanol–water partition coefficient (Wildman–Crippen LogP) is 4.95. The van der Waals surface area contributed by atoms with Gasteiger partial charge < -0.3 is 10.1 Å². The SMILES string of the molecule is CCCCCCCCC1CNc2ccc(OC)cc21. The summed E-state index contributed by atoms with van der Waals surface area (Å²) in [6.45, 7) is 3.37. The van der Waals surface area contributed by atoms with Crippen LogP contribution in [0.4, 0.5) is 5.69 Å². The van der Waals surface area contributed by atoms with E-state index in [4.69, 9.17) is 4.74 Å². The van der Waals surface area contributed by atoms with Gasteiger partial charge in [0.2, 0.25) is 0 Å². The van der Waals surface area contributed by atoms with E-state index >= 15 is 0 Å². The molecule has 2 rings (SSSR count). The van der Waals surface area contributed by atoms with E-state index in [-0.39, 0.29) is 0 Å². The highest BCUT2D eigenvalue weighted by atomic mass is 16.5. The van der Waals surface area contributed by atoms with Crippen molar-refractivity contribution in [2.45, 2.75) is 57.8 Å². The van der Waals surface area contributed by atoms with Crippen molar-refractivity contribution in [2.24, 2.45) is 0 Å². The largest absolute Gasteiger partial charge is 0.497 e. The zero-order valence-corrected chi connectivity index (χ0v) is 12.4. The molecule has 1 heterocycles. The second-order valence-electron chi connectivity index (χ2n) is 5.59. The first-order valence-electron chi connectivity index (χ1n) is 7.77. The summed E-state index contributed by atoms with van der Waals surface area (Å²) in [7, 11) is 1.74. The highest BCUT2D eigenvalue weighted by Crippen LogP contribution is 2.37. The quantitative estimate of drug-likeness (QED) is 0.668. The molecule has 0 aromatic heterocycles. The lowest BCUT2D eigenvalue weighted by Crippen LogP contribution is -2.01. The van der Waals surface area contributed by atoms with Crippen molar-refractivity contribution in [3.05, 3.63) is 23.8 Å². The average Bonchev–Trinajstić information content (AvgIpc) is 2.85. The summed E-state index contributed by atoms with van der Waals surface area (Å²) < 4.78 is 5.33. The maximum absolute atomic E-state index is 5.33. The van der Waals surface area contributed by atoms with Gasteiger partial charge in [0.15, 0.2) is 0 Å². The minimum atomic E-state index is 0.677. The van der Waals surface area contributed by atoms with Gasteiger partial charge in [0.05, 0.1) is 7.11 Å². The summed E-state index contributed by atoms with van der Waals surface area (Å²) in [4.78, 5) is 0. The highest BCUT2D eigenvalue weighted by molar-refractivity contribution is 5.60. The third-order valence-corrected chi connectivity index (χ3v) is 4.14. The van der Waals surface area contributed by atoms with Crippen molar-refractivity contribution < 1.29 is 4.74 Å². The molecule has 0 saturated heterocycles. The Morgan fingerprint density at radius 3 is 2.74 bits per heavy atom. The Kier molecular flexibility index (Phi) is 5.56. The van der Waals surface area contributed by atoms with Crippen molar-refractivity contribution in [3.63, 3.8) is 0 Å². The minimum Gasteiger partial charge on any atom is -0.497 e. The number of anilines is 1.